The van der Waals surface area contributed by atoms with E-state index in [0.29, 0.717) is 5.69 Å². The molecule has 0 unspecified atom stereocenters. The summed E-state index contributed by atoms with van der Waals surface area (Å²) >= 11 is 0. The van der Waals surface area contributed by atoms with E-state index >= 15 is 0 Å². The number of nitrogens with one attached hydrogen (secondary N) is 1. The van der Waals surface area contributed by atoms with Crippen molar-refractivity contribution in [1.29, 1.82) is 0 Å². The van der Waals surface area contributed by atoms with Crippen LogP contribution in [-0.2, 0) is 19.6 Å². The van der Waals surface area contributed by atoms with Gasteiger partial charge in [0, 0.05) is 0 Å². The third-order valence-corrected chi connectivity index (χ3v) is 3.26. The number of benzene rings is 1. The van der Waals surface area contributed by atoms with Gasteiger partial charge in [0.2, 0.25) is 0 Å². The Kier molecular flexibility index (Phi) is 2.72. The predicted octanol–water partition coefficient (Wildman–Crippen LogP) is 0.258. The fourth-order valence-corrected chi connectivity index (χ4v) is 2.35. The van der Waals surface area contributed by atoms with Crippen LogP contribution in [0.15, 0.2) is 33.6 Å². The van der Waals surface area contributed by atoms with E-state index in [4.69, 9.17) is 9.84 Å². The number of hydrogen-bond acceptors (Lipinski definition) is 5. The number of carboxylic acid groups (broad SMARTS) is 1. The number of ether oxygens (including phenoxy) is 1. The van der Waals surface area contributed by atoms with E-state index in [2.05, 4.69) is 9.71 Å². The fraction of sp³-hybridized carbons (Fsp3) is 0.111. The molecule has 1 aliphatic heterocycles. The molecule has 90 valence electrons. The van der Waals surface area contributed by atoms with Gasteiger partial charge >= 0.3 is 12.0 Å². The summed E-state index contributed by atoms with van der Waals surface area (Å²) in [7, 11) is -3.83. The summed E-state index contributed by atoms with van der Waals surface area (Å²) in [4.78, 5) is 10.3. The fourth-order valence-electron chi connectivity index (χ4n) is 1.28. The van der Waals surface area contributed by atoms with Crippen LogP contribution in [0.2, 0.25) is 0 Å². The molecule has 0 saturated heterocycles. The van der Waals surface area contributed by atoms with Crippen molar-refractivity contribution in [2.45, 2.75) is 4.90 Å². The van der Waals surface area contributed by atoms with Crippen LogP contribution in [0, 0.1) is 0 Å². The van der Waals surface area contributed by atoms with Gasteiger partial charge in [0.25, 0.3) is 10.0 Å². The normalized spacial score (nSPS) is 16.4. The summed E-state index contributed by atoms with van der Waals surface area (Å²) in [5.74, 6) is -1.22. The summed E-state index contributed by atoms with van der Waals surface area (Å²) in [6.45, 7) is -0.663. The summed E-state index contributed by atoms with van der Waals surface area (Å²) in [6.07, 6.45) is 0. The van der Waals surface area contributed by atoms with E-state index in [1.54, 1.807) is 12.1 Å². The van der Waals surface area contributed by atoms with Crippen LogP contribution < -0.4 is 5.32 Å². The van der Waals surface area contributed by atoms with Crippen LogP contribution in [0.1, 0.15) is 0 Å². The number of carboxylic acids is 1. The zero-order chi connectivity index (χ0) is 12.5. The third-order valence-electron chi connectivity index (χ3n) is 1.94. The van der Waals surface area contributed by atoms with Gasteiger partial charge in [-0.2, -0.15) is 8.42 Å². The Hall–Kier alpha value is -2.09. The van der Waals surface area contributed by atoms with E-state index in [9.17, 15) is 13.2 Å². The minimum absolute atomic E-state index is 0.0303. The highest BCUT2D eigenvalue weighted by molar-refractivity contribution is 7.90. The predicted molar refractivity (Wildman–Crippen MR) is 58.3 cm³/mol. The maximum atomic E-state index is 11.7. The standard InChI is InChI=1S/C9H8N2O5S/c12-8(13)5-16-9-10-6-3-1-2-4-7(6)17(14,15)11-9/h1-4H,5H2,(H,10,11)(H,12,13). The molecule has 0 aliphatic carbocycles. The zero-order valence-corrected chi connectivity index (χ0v) is 9.27. The highest BCUT2D eigenvalue weighted by atomic mass is 32.2. The minimum Gasteiger partial charge on any atom is -0.479 e. The largest absolute Gasteiger partial charge is 0.479 e. The van der Waals surface area contributed by atoms with Crippen molar-refractivity contribution in [2.75, 3.05) is 11.9 Å². The number of rotatable bonds is 2. The molecule has 2 rings (SSSR count). The first-order valence-corrected chi connectivity index (χ1v) is 5.99. The molecule has 0 bridgehead atoms. The highest BCUT2D eigenvalue weighted by Gasteiger charge is 2.25. The van der Waals surface area contributed by atoms with Crippen LogP contribution in [0.3, 0.4) is 0 Å². The Labute approximate surface area is 96.8 Å². The van der Waals surface area contributed by atoms with Crippen molar-refractivity contribution >= 4 is 27.7 Å². The number of nitrogens with zero attached hydrogens (tertiary/aromatic N) is 1. The van der Waals surface area contributed by atoms with Crippen LogP contribution >= 0.6 is 0 Å². The lowest BCUT2D eigenvalue weighted by atomic mass is 10.3. The van der Waals surface area contributed by atoms with Gasteiger partial charge in [-0.05, 0) is 12.1 Å². The van der Waals surface area contributed by atoms with Crippen molar-refractivity contribution in [3.05, 3.63) is 24.3 Å². The first-order chi connectivity index (χ1) is 7.99. The van der Waals surface area contributed by atoms with Crippen LogP contribution in [0.5, 0.6) is 0 Å². The lowest BCUT2D eigenvalue weighted by molar-refractivity contribution is -0.139. The average molecular weight is 256 g/mol. The Balaban J connectivity index is 2.32. The molecule has 17 heavy (non-hydrogen) atoms. The van der Waals surface area contributed by atoms with Crippen molar-refractivity contribution in [1.82, 2.24) is 0 Å². The summed E-state index contributed by atoms with van der Waals surface area (Å²) in [5, 5.41) is 11.0. The van der Waals surface area contributed by atoms with Gasteiger partial charge in [-0.25, -0.2) is 4.79 Å². The first kappa shape index (κ1) is 11.4. The molecule has 1 aromatic rings. The second-order valence-corrected chi connectivity index (χ2v) is 4.75. The highest BCUT2D eigenvalue weighted by Crippen LogP contribution is 2.26. The van der Waals surface area contributed by atoms with Gasteiger partial charge in [-0.15, -0.1) is 4.40 Å². The molecule has 0 aromatic heterocycles. The molecule has 0 saturated carbocycles. The number of fused-ring (bicyclic) bond motifs is 1. The van der Waals surface area contributed by atoms with Gasteiger partial charge < -0.3 is 15.2 Å². The van der Waals surface area contributed by atoms with E-state index in [1.165, 1.54) is 12.1 Å². The van der Waals surface area contributed by atoms with E-state index in [-0.39, 0.29) is 10.9 Å². The lowest BCUT2D eigenvalue weighted by Crippen LogP contribution is -2.26. The number of para-hydroxylation sites is 1. The molecule has 2 N–H and O–H groups in total. The monoisotopic (exact) mass is 256 g/mol. The number of sulfonamides is 1. The Bertz CT molecular complexity index is 593. The topological polar surface area (TPSA) is 105 Å². The quantitative estimate of drug-likeness (QED) is 0.786. The second kappa shape index (κ2) is 4.06. The van der Waals surface area contributed by atoms with Crippen LogP contribution in [-0.4, -0.2) is 32.1 Å². The van der Waals surface area contributed by atoms with Gasteiger partial charge in [0.1, 0.15) is 4.90 Å². The summed E-state index contributed by atoms with van der Waals surface area (Å²) in [6, 6.07) is 5.80. The number of hydrogen-bond donors (Lipinski definition) is 2. The average Bonchev–Trinajstić information content (AvgIpc) is 2.25. The molecule has 1 aromatic carbocycles. The van der Waals surface area contributed by atoms with Gasteiger partial charge in [0.05, 0.1) is 5.69 Å². The number of amidine groups is 1. The van der Waals surface area contributed by atoms with Crippen molar-refractivity contribution < 1.29 is 23.1 Å². The SMILES string of the molecule is O=C(O)COC1=NS(=O)(=O)c2ccccc2N1. The molecule has 0 spiro atoms. The second-order valence-electron chi connectivity index (χ2n) is 3.18. The van der Waals surface area contributed by atoms with Crippen molar-refractivity contribution in [3.8, 4) is 0 Å². The molecular weight excluding hydrogens is 248 g/mol. The molecule has 0 amide bonds. The van der Waals surface area contributed by atoms with E-state index < -0.39 is 22.6 Å². The summed E-state index contributed by atoms with van der Waals surface area (Å²) in [5.41, 5.74) is 0.308. The molecule has 8 heteroatoms. The third kappa shape index (κ3) is 2.36. The van der Waals surface area contributed by atoms with Crippen molar-refractivity contribution in [3.63, 3.8) is 0 Å². The molecule has 0 atom stereocenters. The molecule has 0 fully saturated rings. The lowest BCUT2D eigenvalue weighted by Gasteiger charge is -2.16. The maximum Gasteiger partial charge on any atom is 0.341 e. The minimum atomic E-state index is -3.83. The van der Waals surface area contributed by atoms with Gasteiger partial charge in [0.15, 0.2) is 6.61 Å². The maximum absolute atomic E-state index is 11.7. The van der Waals surface area contributed by atoms with E-state index in [0.717, 1.165) is 0 Å². The molecule has 0 radical (unpaired) electrons. The Morgan fingerprint density at radius 2 is 2.12 bits per heavy atom. The van der Waals surface area contributed by atoms with E-state index in [1.807, 2.05) is 0 Å². The number of carbonyl (C=O) groups is 1. The summed E-state index contributed by atoms with van der Waals surface area (Å²) < 4.78 is 31.4. The van der Waals surface area contributed by atoms with Crippen molar-refractivity contribution in [2.24, 2.45) is 4.40 Å². The van der Waals surface area contributed by atoms with Gasteiger partial charge in [-0.3, -0.25) is 0 Å². The molecule has 7 nitrogen and oxygen atoms in total. The number of anilines is 1. The molecule has 1 heterocycles. The van der Waals surface area contributed by atoms with Gasteiger partial charge in [-0.1, -0.05) is 12.1 Å². The molecular formula is C9H8N2O5S. The smallest absolute Gasteiger partial charge is 0.341 e. The van der Waals surface area contributed by atoms with Crippen LogP contribution in [0.25, 0.3) is 0 Å². The zero-order valence-electron chi connectivity index (χ0n) is 8.45. The Morgan fingerprint density at radius 3 is 2.82 bits per heavy atom. The number of aliphatic carboxylic acids is 1. The van der Waals surface area contributed by atoms with Crippen LogP contribution in [0.4, 0.5) is 5.69 Å². The Morgan fingerprint density at radius 1 is 1.41 bits per heavy atom. The molecule has 1 aliphatic rings. The first-order valence-electron chi connectivity index (χ1n) is 4.55.